The Morgan fingerprint density at radius 1 is 1.24 bits per heavy atom. The molecule has 0 saturated heterocycles. The third-order valence-electron chi connectivity index (χ3n) is 5.89. The standard InChI is InChI=1S/C23H33ClN4O/c1-4-16(3)25-22(29)13-14-28(18-9-7-6-8-10-18)23-19-12-11-17(24)15-20(19)26-21(5-2)27-23/h11-12,15-16,18H,4-10,13-14H2,1-3H3,(H,25,29). The highest BCUT2D eigenvalue weighted by atomic mass is 35.5. The molecule has 0 radical (unpaired) electrons. The van der Waals surface area contributed by atoms with Gasteiger partial charge in [-0.25, -0.2) is 9.97 Å². The van der Waals surface area contributed by atoms with Crippen molar-refractivity contribution in [3.8, 4) is 0 Å². The van der Waals surface area contributed by atoms with Gasteiger partial charge in [0.25, 0.3) is 0 Å². The highest BCUT2D eigenvalue weighted by molar-refractivity contribution is 6.31. The molecular formula is C23H33ClN4O. The van der Waals surface area contributed by atoms with Crippen molar-refractivity contribution in [1.29, 1.82) is 0 Å². The van der Waals surface area contributed by atoms with E-state index in [2.05, 4.69) is 29.0 Å². The van der Waals surface area contributed by atoms with Gasteiger partial charge in [0.1, 0.15) is 11.6 Å². The zero-order valence-corrected chi connectivity index (χ0v) is 18.6. The van der Waals surface area contributed by atoms with Crippen molar-refractivity contribution >= 4 is 34.2 Å². The largest absolute Gasteiger partial charge is 0.354 e. The van der Waals surface area contributed by atoms with Crippen LogP contribution in [0.15, 0.2) is 18.2 Å². The van der Waals surface area contributed by atoms with Crippen molar-refractivity contribution in [3.05, 3.63) is 29.0 Å². The van der Waals surface area contributed by atoms with Crippen LogP contribution in [0, 0.1) is 0 Å². The van der Waals surface area contributed by atoms with E-state index in [1.54, 1.807) is 0 Å². The molecule has 1 heterocycles. The maximum absolute atomic E-state index is 12.5. The summed E-state index contributed by atoms with van der Waals surface area (Å²) in [6.45, 7) is 6.88. The molecule has 1 saturated carbocycles. The van der Waals surface area contributed by atoms with Crippen LogP contribution in [0.4, 0.5) is 5.82 Å². The molecule has 1 N–H and O–H groups in total. The third kappa shape index (κ3) is 5.59. The monoisotopic (exact) mass is 416 g/mol. The van der Waals surface area contributed by atoms with Crippen LogP contribution in [-0.2, 0) is 11.2 Å². The molecule has 1 unspecified atom stereocenters. The molecule has 1 aliphatic carbocycles. The lowest BCUT2D eigenvalue weighted by molar-refractivity contribution is -0.121. The minimum absolute atomic E-state index is 0.109. The van der Waals surface area contributed by atoms with E-state index in [0.717, 1.165) is 48.2 Å². The molecule has 3 rings (SSSR count). The number of rotatable bonds is 8. The van der Waals surface area contributed by atoms with Gasteiger partial charge < -0.3 is 10.2 Å². The second-order valence-electron chi connectivity index (χ2n) is 8.09. The molecule has 1 amide bonds. The van der Waals surface area contributed by atoms with E-state index < -0.39 is 0 Å². The molecule has 2 aromatic rings. The van der Waals surface area contributed by atoms with Crippen LogP contribution < -0.4 is 10.2 Å². The molecular weight excluding hydrogens is 384 g/mol. The van der Waals surface area contributed by atoms with Crippen molar-refractivity contribution in [2.45, 2.75) is 84.2 Å². The van der Waals surface area contributed by atoms with Crippen molar-refractivity contribution in [3.63, 3.8) is 0 Å². The van der Waals surface area contributed by atoms with Crippen LogP contribution >= 0.6 is 11.6 Å². The predicted octanol–water partition coefficient (Wildman–Crippen LogP) is 5.29. The maximum atomic E-state index is 12.5. The SMILES string of the molecule is CCc1nc(N(CCC(=O)NC(C)CC)C2CCCCC2)c2ccc(Cl)cc2n1. The molecule has 1 aromatic carbocycles. The summed E-state index contributed by atoms with van der Waals surface area (Å²) in [5, 5.41) is 4.79. The number of anilines is 1. The zero-order valence-electron chi connectivity index (χ0n) is 17.9. The maximum Gasteiger partial charge on any atom is 0.221 e. The predicted molar refractivity (Wildman–Crippen MR) is 121 cm³/mol. The number of carbonyl (C=O) groups excluding carboxylic acids is 1. The Morgan fingerprint density at radius 2 is 2.00 bits per heavy atom. The Balaban J connectivity index is 1.94. The molecule has 0 bridgehead atoms. The number of benzene rings is 1. The van der Waals surface area contributed by atoms with E-state index in [0.29, 0.717) is 24.0 Å². The van der Waals surface area contributed by atoms with Gasteiger partial charge >= 0.3 is 0 Å². The van der Waals surface area contributed by atoms with Crippen molar-refractivity contribution in [2.24, 2.45) is 0 Å². The zero-order chi connectivity index (χ0) is 20.8. The van der Waals surface area contributed by atoms with Crippen LogP contribution in [0.1, 0.15) is 71.5 Å². The number of carbonyl (C=O) groups is 1. The molecule has 29 heavy (non-hydrogen) atoms. The lowest BCUT2D eigenvalue weighted by Gasteiger charge is -2.36. The van der Waals surface area contributed by atoms with Crippen molar-refractivity contribution < 1.29 is 4.79 Å². The molecule has 1 fully saturated rings. The average Bonchev–Trinajstić information content (AvgIpc) is 2.73. The van der Waals surface area contributed by atoms with E-state index in [1.165, 1.54) is 19.3 Å². The second kappa shape index (κ2) is 10.2. The molecule has 158 valence electrons. The number of hydrogen-bond acceptors (Lipinski definition) is 4. The fourth-order valence-corrected chi connectivity index (χ4v) is 4.20. The quantitative estimate of drug-likeness (QED) is 0.635. The Bertz CT molecular complexity index is 835. The normalized spacial score (nSPS) is 16.0. The number of amides is 1. The van der Waals surface area contributed by atoms with E-state index in [1.807, 2.05) is 25.1 Å². The topological polar surface area (TPSA) is 58.1 Å². The molecule has 0 aliphatic heterocycles. The van der Waals surface area contributed by atoms with Crippen LogP contribution in [0.2, 0.25) is 5.02 Å². The van der Waals surface area contributed by atoms with Crippen LogP contribution in [0.3, 0.4) is 0 Å². The molecule has 0 spiro atoms. The van der Waals surface area contributed by atoms with Gasteiger partial charge in [0.05, 0.1) is 5.52 Å². The number of aromatic nitrogens is 2. The highest BCUT2D eigenvalue weighted by Crippen LogP contribution is 2.32. The minimum Gasteiger partial charge on any atom is -0.354 e. The van der Waals surface area contributed by atoms with Gasteiger partial charge in [0.15, 0.2) is 0 Å². The molecule has 1 aliphatic rings. The van der Waals surface area contributed by atoms with Crippen molar-refractivity contribution in [1.82, 2.24) is 15.3 Å². The number of halogens is 1. The smallest absolute Gasteiger partial charge is 0.221 e. The van der Waals surface area contributed by atoms with Gasteiger partial charge in [-0.3, -0.25) is 4.79 Å². The number of nitrogens with one attached hydrogen (secondary N) is 1. The lowest BCUT2D eigenvalue weighted by Crippen LogP contribution is -2.41. The Morgan fingerprint density at radius 3 is 2.69 bits per heavy atom. The van der Waals surface area contributed by atoms with Gasteiger partial charge in [0.2, 0.25) is 5.91 Å². The summed E-state index contributed by atoms with van der Waals surface area (Å²) in [6.07, 6.45) is 8.23. The summed E-state index contributed by atoms with van der Waals surface area (Å²) >= 11 is 6.23. The fourth-order valence-electron chi connectivity index (χ4n) is 4.04. The van der Waals surface area contributed by atoms with Crippen LogP contribution in [0.25, 0.3) is 10.9 Å². The van der Waals surface area contributed by atoms with Gasteiger partial charge in [-0.15, -0.1) is 0 Å². The summed E-state index contributed by atoms with van der Waals surface area (Å²) in [5.74, 6) is 1.88. The fraction of sp³-hybridized carbons (Fsp3) is 0.609. The number of fused-ring (bicyclic) bond motifs is 1. The van der Waals surface area contributed by atoms with E-state index in [4.69, 9.17) is 16.6 Å². The Labute approximate surface area is 179 Å². The summed E-state index contributed by atoms with van der Waals surface area (Å²) in [7, 11) is 0. The Kier molecular flexibility index (Phi) is 7.70. The van der Waals surface area contributed by atoms with E-state index >= 15 is 0 Å². The summed E-state index contributed by atoms with van der Waals surface area (Å²) in [6, 6.07) is 6.45. The molecule has 5 nitrogen and oxygen atoms in total. The number of aryl methyl sites for hydroxylation is 1. The van der Waals surface area contributed by atoms with Crippen molar-refractivity contribution in [2.75, 3.05) is 11.4 Å². The van der Waals surface area contributed by atoms with Gasteiger partial charge in [-0.2, -0.15) is 0 Å². The molecule has 1 atom stereocenters. The first-order valence-electron chi connectivity index (χ1n) is 11.0. The van der Waals surface area contributed by atoms with Gasteiger partial charge in [0, 0.05) is 41.9 Å². The first kappa shape index (κ1) is 21.8. The van der Waals surface area contributed by atoms with E-state index in [-0.39, 0.29) is 11.9 Å². The second-order valence-corrected chi connectivity index (χ2v) is 8.53. The number of hydrogen-bond donors (Lipinski definition) is 1. The average molecular weight is 417 g/mol. The van der Waals surface area contributed by atoms with Gasteiger partial charge in [-0.1, -0.05) is 44.7 Å². The number of nitrogens with zero attached hydrogens (tertiary/aromatic N) is 3. The van der Waals surface area contributed by atoms with Crippen LogP contribution in [0.5, 0.6) is 0 Å². The van der Waals surface area contributed by atoms with Gasteiger partial charge in [-0.05, 0) is 44.4 Å². The first-order valence-corrected chi connectivity index (χ1v) is 11.4. The first-order chi connectivity index (χ1) is 14.0. The minimum atomic E-state index is 0.109. The molecule has 1 aromatic heterocycles. The van der Waals surface area contributed by atoms with E-state index in [9.17, 15) is 4.79 Å². The highest BCUT2D eigenvalue weighted by Gasteiger charge is 2.25. The third-order valence-corrected chi connectivity index (χ3v) is 6.12. The lowest BCUT2D eigenvalue weighted by atomic mass is 9.93. The van der Waals surface area contributed by atoms with Crippen LogP contribution in [-0.4, -0.2) is 34.5 Å². The summed E-state index contributed by atoms with van der Waals surface area (Å²) in [4.78, 5) is 24.4. The summed E-state index contributed by atoms with van der Waals surface area (Å²) < 4.78 is 0. The summed E-state index contributed by atoms with van der Waals surface area (Å²) in [5.41, 5.74) is 0.879. The molecule has 6 heteroatoms. The Hall–Kier alpha value is -1.88.